The minimum atomic E-state index is -3.75. The summed E-state index contributed by atoms with van der Waals surface area (Å²) in [6, 6.07) is 5.38. The smallest absolute Gasteiger partial charge is 0.243 e. The van der Waals surface area contributed by atoms with Crippen molar-refractivity contribution in [3.8, 4) is 0 Å². The predicted molar refractivity (Wildman–Crippen MR) is 74.0 cm³/mol. The zero-order chi connectivity index (χ0) is 14.3. The molecular weight excluding hydrogens is 267 g/mol. The van der Waals surface area contributed by atoms with Crippen LogP contribution in [0.15, 0.2) is 29.2 Å². The predicted octanol–water partition coefficient (Wildman–Crippen LogP) is 1.84. The fourth-order valence-corrected chi connectivity index (χ4v) is 2.94. The number of benzene rings is 1. The summed E-state index contributed by atoms with van der Waals surface area (Å²) in [6.45, 7) is 7.15. The van der Waals surface area contributed by atoms with Crippen LogP contribution in [0.1, 0.15) is 20.3 Å². The van der Waals surface area contributed by atoms with Crippen molar-refractivity contribution < 1.29 is 12.8 Å². The van der Waals surface area contributed by atoms with Crippen LogP contribution >= 0.6 is 0 Å². The third-order valence-corrected chi connectivity index (χ3v) is 4.46. The Morgan fingerprint density at radius 1 is 1.21 bits per heavy atom. The van der Waals surface area contributed by atoms with Gasteiger partial charge in [-0.2, -0.15) is 0 Å². The SMILES string of the molecule is CCN(CC)CCCNS(=O)(=O)c1ccccc1F. The van der Waals surface area contributed by atoms with E-state index in [-0.39, 0.29) is 4.90 Å². The molecule has 0 aliphatic heterocycles. The molecule has 0 unspecified atom stereocenters. The van der Waals surface area contributed by atoms with E-state index in [9.17, 15) is 12.8 Å². The Kier molecular flexibility index (Phi) is 6.41. The molecule has 1 aromatic rings. The van der Waals surface area contributed by atoms with Gasteiger partial charge in [0.25, 0.3) is 0 Å². The lowest BCUT2D eigenvalue weighted by Gasteiger charge is -2.17. The van der Waals surface area contributed by atoms with E-state index in [1.807, 2.05) is 0 Å². The lowest BCUT2D eigenvalue weighted by atomic mass is 10.3. The Balaban J connectivity index is 2.51. The Hall–Kier alpha value is -0.980. The molecular formula is C13H21FN2O2S. The van der Waals surface area contributed by atoms with Crippen molar-refractivity contribution in [1.29, 1.82) is 0 Å². The molecule has 0 saturated heterocycles. The minimum absolute atomic E-state index is 0.294. The van der Waals surface area contributed by atoms with Crippen molar-refractivity contribution in [2.75, 3.05) is 26.2 Å². The van der Waals surface area contributed by atoms with Gasteiger partial charge in [-0.05, 0) is 38.2 Å². The highest BCUT2D eigenvalue weighted by atomic mass is 32.2. The number of hydrogen-bond acceptors (Lipinski definition) is 3. The van der Waals surface area contributed by atoms with Gasteiger partial charge < -0.3 is 4.90 Å². The summed E-state index contributed by atoms with van der Waals surface area (Å²) in [6.07, 6.45) is 0.704. The van der Waals surface area contributed by atoms with E-state index in [2.05, 4.69) is 23.5 Å². The molecule has 0 heterocycles. The zero-order valence-electron chi connectivity index (χ0n) is 11.4. The number of nitrogens with one attached hydrogen (secondary N) is 1. The molecule has 0 amide bonds. The van der Waals surface area contributed by atoms with E-state index < -0.39 is 15.8 Å². The lowest BCUT2D eigenvalue weighted by molar-refractivity contribution is 0.300. The van der Waals surface area contributed by atoms with E-state index >= 15 is 0 Å². The van der Waals surface area contributed by atoms with Gasteiger partial charge in [-0.1, -0.05) is 26.0 Å². The first-order valence-electron chi connectivity index (χ1n) is 6.47. The van der Waals surface area contributed by atoms with Gasteiger partial charge in [0.05, 0.1) is 0 Å². The maximum Gasteiger partial charge on any atom is 0.243 e. The monoisotopic (exact) mass is 288 g/mol. The minimum Gasteiger partial charge on any atom is -0.304 e. The molecule has 0 radical (unpaired) electrons. The summed E-state index contributed by atoms with van der Waals surface area (Å²) in [5, 5.41) is 0. The highest BCUT2D eigenvalue weighted by molar-refractivity contribution is 7.89. The third-order valence-electron chi connectivity index (χ3n) is 2.96. The molecule has 1 aromatic carbocycles. The molecule has 0 aliphatic rings. The molecule has 1 rings (SSSR count). The molecule has 6 heteroatoms. The van der Waals surface area contributed by atoms with Gasteiger partial charge in [-0.15, -0.1) is 0 Å². The Labute approximate surface area is 114 Å². The number of nitrogens with zero attached hydrogens (tertiary/aromatic N) is 1. The van der Waals surface area contributed by atoms with Gasteiger partial charge in [-0.3, -0.25) is 0 Å². The quantitative estimate of drug-likeness (QED) is 0.743. The highest BCUT2D eigenvalue weighted by Crippen LogP contribution is 2.12. The fraction of sp³-hybridized carbons (Fsp3) is 0.538. The summed E-state index contributed by atoms with van der Waals surface area (Å²) in [4.78, 5) is 1.91. The van der Waals surface area contributed by atoms with Crippen LogP contribution in [0.25, 0.3) is 0 Å². The Bertz CT molecular complexity index is 487. The summed E-state index contributed by atoms with van der Waals surface area (Å²) >= 11 is 0. The normalized spacial score (nSPS) is 12.0. The van der Waals surface area contributed by atoms with E-state index in [1.54, 1.807) is 0 Å². The summed E-state index contributed by atoms with van der Waals surface area (Å²) in [5.41, 5.74) is 0. The number of halogens is 1. The molecule has 4 nitrogen and oxygen atoms in total. The van der Waals surface area contributed by atoms with Crippen molar-refractivity contribution in [3.63, 3.8) is 0 Å². The molecule has 0 bridgehead atoms. The van der Waals surface area contributed by atoms with Gasteiger partial charge >= 0.3 is 0 Å². The van der Waals surface area contributed by atoms with Crippen LogP contribution in [-0.2, 0) is 10.0 Å². The van der Waals surface area contributed by atoms with Crippen molar-refractivity contribution in [2.45, 2.75) is 25.2 Å². The summed E-state index contributed by atoms with van der Waals surface area (Å²) in [7, 11) is -3.75. The Morgan fingerprint density at radius 3 is 2.42 bits per heavy atom. The van der Waals surface area contributed by atoms with E-state index in [1.165, 1.54) is 18.2 Å². The highest BCUT2D eigenvalue weighted by Gasteiger charge is 2.17. The van der Waals surface area contributed by atoms with E-state index in [4.69, 9.17) is 0 Å². The standard InChI is InChI=1S/C13H21FN2O2S/c1-3-16(4-2)11-7-10-15-19(17,18)13-9-6-5-8-12(13)14/h5-6,8-9,15H,3-4,7,10-11H2,1-2H3. The van der Waals surface area contributed by atoms with E-state index in [0.29, 0.717) is 13.0 Å². The second-order valence-corrected chi connectivity index (χ2v) is 5.94. The van der Waals surface area contributed by atoms with Crippen LogP contribution < -0.4 is 4.72 Å². The first-order chi connectivity index (χ1) is 9.01. The molecule has 0 fully saturated rings. The van der Waals surface area contributed by atoms with Crippen LogP contribution in [0, 0.1) is 5.82 Å². The van der Waals surface area contributed by atoms with Gasteiger partial charge in [0.1, 0.15) is 10.7 Å². The average molecular weight is 288 g/mol. The number of hydrogen-bond donors (Lipinski definition) is 1. The fourth-order valence-electron chi connectivity index (χ4n) is 1.79. The first-order valence-corrected chi connectivity index (χ1v) is 7.96. The summed E-state index contributed by atoms with van der Waals surface area (Å²) in [5.74, 6) is -0.723. The first kappa shape index (κ1) is 16.1. The molecule has 0 aliphatic carbocycles. The molecule has 0 aromatic heterocycles. The van der Waals surface area contributed by atoms with Crippen molar-refractivity contribution in [2.24, 2.45) is 0 Å². The van der Waals surface area contributed by atoms with Crippen molar-refractivity contribution in [3.05, 3.63) is 30.1 Å². The van der Waals surface area contributed by atoms with Gasteiger partial charge in [-0.25, -0.2) is 17.5 Å². The van der Waals surface area contributed by atoms with Gasteiger partial charge in [0.2, 0.25) is 10.0 Å². The topological polar surface area (TPSA) is 49.4 Å². The maximum atomic E-state index is 13.4. The molecule has 1 N–H and O–H groups in total. The second kappa shape index (κ2) is 7.57. The van der Waals surface area contributed by atoms with Crippen LogP contribution in [0.2, 0.25) is 0 Å². The van der Waals surface area contributed by atoms with Crippen molar-refractivity contribution >= 4 is 10.0 Å². The third kappa shape index (κ3) is 4.89. The largest absolute Gasteiger partial charge is 0.304 e. The van der Waals surface area contributed by atoms with Crippen molar-refractivity contribution in [1.82, 2.24) is 9.62 Å². The molecule has 0 spiro atoms. The second-order valence-electron chi connectivity index (χ2n) is 4.21. The summed E-state index contributed by atoms with van der Waals surface area (Å²) < 4.78 is 39.6. The molecule has 0 atom stereocenters. The van der Waals surface area contributed by atoms with Crippen LogP contribution in [0.3, 0.4) is 0 Å². The maximum absolute atomic E-state index is 13.4. The molecule has 108 valence electrons. The Morgan fingerprint density at radius 2 is 1.84 bits per heavy atom. The van der Waals surface area contributed by atoms with Crippen LogP contribution in [0.4, 0.5) is 4.39 Å². The van der Waals surface area contributed by atoms with Crippen LogP contribution in [-0.4, -0.2) is 39.5 Å². The lowest BCUT2D eigenvalue weighted by Crippen LogP contribution is -2.30. The number of sulfonamides is 1. The van der Waals surface area contributed by atoms with Gasteiger partial charge in [0, 0.05) is 6.54 Å². The number of rotatable bonds is 8. The van der Waals surface area contributed by atoms with E-state index in [0.717, 1.165) is 25.7 Å². The zero-order valence-corrected chi connectivity index (χ0v) is 12.2. The van der Waals surface area contributed by atoms with Gasteiger partial charge in [0.15, 0.2) is 0 Å². The average Bonchev–Trinajstić information content (AvgIpc) is 2.39. The molecule has 0 saturated carbocycles. The van der Waals surface area contributed by atoms with Crippen LogP contribution in [0.5, 0.6) is 0 Å². The molecule has 19 heavy (non-hydrogen) atoms.